The van der Waals surface area contributed by atoms with Crippen molar-refractivity contribution in [2.75, 3.05) is 33.5 Å². The van der Waals surface area contributed by atoms with E-state index >= 15 is 0 Å². The number of nitrogens with zero attached hydrogens (tertiary/aromatic N) is 3. The third kappa shape index (κ3) is 8.37. The summed E-state index contributed by atoms with van der Waals surface area (Å²) in [4.78, 5) is 24.7. The first-order valence-electron chi connectivity index (χ1n) is 14.0. The summed E-state index contributed by atoms with van der Waals surface area (Å²) in [7, 11) is 0.0247. The predicted octanol–water partition coefficient (Wildman–Crippen LogP) is 2.90. The van der Waals surface area contributed by atoms with Gasteiger partial charge in [0.1, 0.15) is 17.7 Å². The van der Waals surface area contributed by atoms with Crippen molar-refractivity contribution < 1.29 is 22.7 Å². The summed E-state index contributed by atoms with van der Waals surface area (Å²) >= 11 is 0. The number of likely N-dealkylation sites (N-methyl/N-ethyl adjacent to an activating group) is 1. The molecule has 0 radical (unpaired) electrons. The molecule has 1 fully saturated rings. The van der Waals surface area contributed by atoms with Crippen molar-refractivity contribution in [3.63, 3.8) is 0 Å². The molecular formula is C30H42N6O5S. The second-order valence-corrected chi connectivity index (χ2v) is 13.8. The van der Waals surface area contributed by atoms with Crippen LogP contribution < -0.4 is 20.1 Å². The molecule has 3 atom stereocenters. The molecule has 1 aliphatic heterocycles. The van der Waals surface area contributed by atoms with Gasteiger partial charge in [0.05, 0.1) is 24.5 Å². The van der Waals surface area contributed by atoms with Crippen LogP contribution >= 0.6 is 0 Å². The highest BCUT2D eigenvalue weighted by Gasteiger charge is 2.33. The summed E-state index contributed by atoms with van der Waals surface area (Å²) in [6.07, 6.45) is 6.79. The zero-order chi connectivity index (χ0) is 30.7. The van der Waals surface area contributed by atoms with E-state index < -0.39 is 22.2 Å². The van der Waals surface area contributed by atoms with E-state index in [9.17, 15) is 13.2 Å². The van der Waals surface area contributed by atoms with Gasteiger partial charge in [0.15, 0.2) is 0 Å². The van der Waals surface area contributed by atoms with Crippen LogP contribution in [0.5, 0.6) is 11.6 Å². The minimum atomic E-state index is -3.56. The summed E-state index contributed by atoms with van der Waals surface area (Å²) in [5.74, 6) is 1.16. The lowest BCUT2D eigenvalue weighted by Gasteiger charge is -2.34. The smallest absolute Gasteiger partial charge is 0.251 e. The van der Waals surface area contributed by atoms with Gasteiger partial charge in [0.25, 0.3) is 5.91 Å². The summed E-state index contributed by atoms with van der Waals surface area (Å²) in [6, 6.07) is 6.68. The number of nitrogens with one attached hydrogen (secondary N) is 3. The number of ether oxygens (including phenoxy) is 2. The number of hydrogen-bond donors (Lipinski definition) is 3. The number of rotatable bonds is 10. The number of aryl methyl sites for hydroxylation is 1. The minimum Gasteiger partial charge on any atom is -0.439 e. The number of sulfonamides is 1. The lowest BCUT2D eigenvalue weighted by Crippen LogP contribution is -2.49. The molecule has 3 unspecified atom stereocenters. The number of aromatic nitrogens is 2. The van der Waals surface area contributed by atoms with E-state index in [0.717, 1.165) is 36.9 Å². The first-order chi connectivity index (χ1) is 19.7. The molecule has 42 heavy (non-hydrogen) atoms. The largest absolute Gasteiger partial charge is 0.439 e. The first kappa shape index (κ1) is 31.6. The molecular weight excluding hydrogens is 556 g/mol. The van der Waals surface area contributed by atoms with Crippen molar-refractivity contribution in [1.82, 2.24) is 30.2 Å². The van der Waals surface area contributed by atoms with Crippen molar-refractivity contribution in [2.24, 2.45) is 5.41 Å². The quantitative estimate of drug-likeness (QED) is 0.377. The van der Waals surface area contributed by atoms with Crippen LogP contribution in [-0.4, -0.2) is 80.9 Å². The van der Waals surface area contributed by atoms with E-state index in [4.69, 9.17) is 9.47 Å². The van der Waals surface area contributed by atoms with Gasteiger partial charge in [-0.1, -0.05) is 32.9 Å². The predicted molar refractivity (Wildman–Crippen MR) is 162 cm³/mol. The molecule has 1 saturated heterocycles. The van der Waals surface area contributed by atoms with Crippen molar-refractivity contribution in [3.8, 4) is 11.6 Å². The molecule has 1 aliphatic carbocycles. The van der Waals surface area contributed by atoms with Gasteiger partial charge in [-0.2, -0.15) is 4.98 Å². The molecule has 1 aromatic heterocycles. The normalized spacial score (nSPS) is 21.5. The Labute approximate surface area is 248 Å². The van der Waals surface area contributed by atoms with Crippen molar-refractivity contribution >= 4 is 15.9 Å². The SMILES string of the molecule is COC1C(NS(C)(=O)=O)=CC(C(C)(C)C)=CC1NC(=O)c1ccc(C)c(Oc2ccnc(CNC3CCN(C)C3)n2)c1. The van der Waals surface area contributed by atoms with E-state index in [0.29, 0.717) is 41.3 Å². The molecule has 11 nitrogen and oxygen atoms in total. The molecule has 3 N–H and O–H groups in total. The third-order valence-corrected chi connectivity index (χ3v) is 7.92. The van der Waals surface area contributed by atoms with E-state index in [1.165, 1.54) is 7.11 Å². The Morgan fingerprint density at radius 1 is 1.21 bits per heavy atom. The lowest BCUT2D eigenvalue weighted by atomic mass is 9.81. The van der Waals surface area contributed by atoms with Crippen LogP contribution in [0.25, 0.3) is 0 Å². The third-order valence-electron chi connectivity index (χ3n) is 7.31. The standard InChI is InChI=1S/C30H42N6O5S/c1-19-8-9-20(14-25(19)41-27-10-12-31-26(34-27)17-32-22-11-13-36(5)18-22)29(37)33-23-15-21(30(2,3)4)16-24(28(23)40-6)35-42(7,38)39/h8-10,12,14-16,22-23,28,32,35H,11,13,17-18H2,1-7H3,(H,33,37). The zero-order valence-electron chi connectivity index (χ0n) is 25.4. The van der Waals surface area contributed by atoms with Gasteiger partial charge in [-0.25, -0.2) is 13.4 Å². The number of benzene rings is 1. The monoisotopic (exact) mass is 598 g/mol. The Morgan fingerprint density at radius 3 is 2.62 bits per heavy atom. The topological polar surface area (TPSA) is 135 Å². The van der Waals surface area contributed by atoms with Gasteiger partial charge >= 0.3 is 0 Å². The fourth-order valence-electron chi connectivity index (χ4n) is 4.99. The summed E-state index contributed by atoms with van der Waals surface area (Å²) < 4.78 is 38.5. The molecule has 0 spiro atoms. The van der Waals surface area contributed by atoms with Gasteiger partial charge < -0.3 is 25.0 Å². The summed E-state index contributed by atoms with van der Waals surface area (Å²) in [6.45, 7) is 10.6. The highest BCUT2D eigenvalue weighted by atomic mass is 32.2. The highest BCUT2D eigenvalue weighted by Crippen LogP contribution is 2.33. The van der Waals surface area contributed by atoms with E-state index in [1.54, 1.807) is 30.5 Å². The maximum atomic E-state index is 13.5. The van der Waals surface area contributed by atoms with Crippen LogP contribution in [0, 0.1) is 12.3 Å². The number of methoxy groups -OCH3 is 1. The van der Waals surface area contributed by atoms with E-state index in [1.807, 2.05) is 39.8 Å². The van der Waals surface area contributed by atoms with Crippen LogP contribution in [-0.2, 0) is 21.3 Å². The summed E-state index contributed by atoms with van der Waals surface area (Å²) in [5, 5.41) is 6.51. The van der Waals surface area contributed by atoms with Gasteiger partial charge in [0, 0.05) is 37.5 Å². The second-order valence-electron chi connectivity index (χ2n) is 12.0. The fraction of sp³-hybridized carbons (Fsp3) is 0.500. The molecule has 2 aliphatic rings. The molecule has 12 heteroatoms. The van der Waals surface area contributed by atoms with Gasteiger partial charge in [-0.15, -0.1) is 0 Å². The zero-order valence-corrected chi connectivity index (χ0v) is 26.2. The molecule has 0 bridgehead atoms. The second kappa shape index (κ2) is 12.9. The maximum Gasteiger partial charge on any atom is 0.251 e. The van der Waals surface area contributed by atoms with Crippen LogP contribution in [0.15, 0.2) is 53.9 Å². The van der Waals surface area contributed by atoms with E-state index in [-0.39, 0.29) is 11.3 Å². The van der Waals surface area contributed by atoms with Crippen LogP contribution in [0.4, 0.5) is 0 Å². The molecule has 4 rings (SSSR count). The molecule has 2 aromatic rings. The molecule has 1 aromatic carbocycles. The van der Waals surface area contributed by atoms with Crippen LogP contribution in [0.3, 0.4) is 0 Å². The van der Waals surface area contributed by atoms with Crippen molar-refractivity contribution in [2.45, 2.75) is 58.8 Å². The van der Waals surface area contributed by atoms with E-state index in [2.05, 4.69) is 37.3 Å². The molecule has 228 valence electrons. The van der Waals surface area contributed by atoms with Crippen molar-refractivity contribution in [3.05, 3.63) is 70.8 Å². The average molecular weight is 599 g/mol. The summed E-state index contributed by atoms with van der Waals surface area (Å²) in [5.41, 5.74) is 2.15. The van der Waals surface area contributed by atoms with Crippen LogP contribution in [0.2, 0.25) is 0 Å². The maximum absolute atomic E-state index is 13.5. The Hall–Kier alpha value is -3.32. The molecule has 2 heterocycles. The molecule has 1 amide bonds. The number of carbonyl (C=O) groups excluding carboxylic acids is 1. The number of amides is 1. The number of carbonyl (C=O) groups is 1. The van der Waals surface area contributed by atoms with Gasteiger partial charge in [-0.05, 0) is 61.7 Å². The number of allylic oxidation sites excluding steroid dienone is 2. The Bertz CT molecular complexity index is 1470. The van der Waals surface area contributed by atoms with Crippen LogP contribution in [0.1, 0.15) is 48.9 Å². The van der Waals surface area contributed by atoms with Gasteiger partial charge in [-0.3, -0.25) is 9.52 Å². The Kier molecular flexibility index (Phi) is 9.71. The van der Waals surface area contributed by atoms with Gasteiger partial charge in [0.2, 0.25) is 15.9 Å². The van der Waals surface area contributed by atoms with Crippen molar-refractivity contribution in [1.29, 1.82) is 0 Å². The Balaban J connectivity index is 1.50. The fourth-order valence-corrected chi connectivity index (χ4v) is 5.59. The lowest BCUT2D eigenvalue weighted by molar-refractivity contribution is 0.0811. The number of likely N-dealkylation sites (tertiary alicyclic amines) is 1. The number of hydrogen-bond acceptors (Lipinski definition) is 9. The highest BCUT2D eigenvalue weighted by molar-refractivity contribution is 7.88. The molecule has 0 saturated carbocycles. The Morgan fingerprint density at radius 2 is 1.98 bits per heavy atom. The first-order valence-corrected chi connectivity index (χ1v) is 15.9. The average Bonchev–Trinajstić information content (AvgIpc) is 3.32. The minimum absolute atomic E-state index is 0.295.